The third kappa shape index (κ3) is 4.73. The highest BCUT2D eigenvalue weighted by Crippen LogP contribution is 2.39. The van der Waals surface area contributed by atoms with E-state index in [2.05, 4.69) is 0 Å². The summed E-state index contributed by atoms with van der Waals surface area (Å²) in [5.74, 6) is -1.61. The van der Waals surface area contributed by atoms with Gasteiger partial charge in [-0.15, -0.1) is 0 Å². The third-order valence-electron chi connectivity index (χ3n) is 4.93. The van der Waals surface area contributed by atoms with Crippen LogP contribution in [0.15, 0.2) is 30.3 Å². The van der Waals surface area contributed by atoms with Gasteiger partial charge < -0.3 is 14.9 Å². The molecule has 0 aromatic heterocycles. The molecule has 2 aromatic rings. The van der Waals surface area contributed by atoms with Crippen molar-refractivity contribution in [1.82, 2.24) is 0 Å². The van der Waals surface area contributed by atoms with Gasteiger partial charge in [-0.1, -0.05) is 52.3 Å². The number of benzene rings is 2. The van der Waals surface area contributed by atoms with E-state index in [1.807, 2.05) is 34.6 Å². The average Bonchev–Trinajstić information content (AvgIpc) is 2.58. The summed E-state index contributed by atoms with van der Waals surface area (Å²) in [6, 6.07) is 8.31. The number of hydrogen-bond donors (Lipinski definition) is 2. The highest BCUT2D eigenvalue weighted by atomic mass is 35.5. The topological polar surface area (TPSA) is 83.8 Å². The number of carboxylic acid groups (broad SMARTS) is 2. The van der Waals surface area contributed by atoms with Gasteiger partial charge in [0.25, 0.3) is 0 Å². The first kappa shape index (κ1) is 22.8. The van der Waals surface area contributed by atoms with E-state index in [-0.39, 0.29) is 11.1 Å². The van der Waals surface area contributed by atoms with Crippen molar-refractivity contribution in [3.63, 3.8) is 0 Å². The van der Waals surface area contributed by atoms with Crippen molar-refractivity contribution >= 4 is 23.5 Å². The standard InChI is InChI=1S/C23H27ClO5/c1-22(2,3)18-15(21(27)28)10-13(11-16(18)24)12-23(4,5)19-14(20(25)26)8-7-9-17(19)29-6/h7-11H,12H2,1-6H3,(H,25,26)(H,27,28). The SMILES string of the molecule is COc1cccc(C(=O)O)c1C(C)(C)Cc1cc(Cl)c(C(C)(C)C)c(C(=O)O)c1. The van der Waals surface area contributed by atoms with Crippen LogP contribution in [0.4, 0.5) is 0 Å². The van der Waals surface area contributed by atoms with Crippen LogP contribution in [-0.4, -0.2) is 29.3 Å². The number of rotatable bonds is 6. The molecule has 0 aliphatic heterocycles. The molecular formula is C23H27ClO5. The Morgan fingerprint density at radius 1 is 0.966 bits per heavy atom. The van der Waals surface area contributed by atoms with Crippen LogP contribution in [0, 0.1) is 0 Å². The Kier molecular flexibility index (Phi) is 6.33. The van der Waals surface area contributed by atoms with E-state index in [4.69, 9.17) is 16.3 Å². The summed E-state index contributed by atoms with van der Waals surface area (Å²) in [5, 5.41) is 19.8. The van der Waals surface area contributed by atoms with Gasteiger partial charge in [-0.25, -0.2) is 9.59 Å². The van der Waals surface area contributed by atoms with Gasteiger partial charge in [-0.05, 0) is 52.6 Å². The van der Waals surface area contributed by atoms with Crippen molar-refractivity contribution in [3.05, 3.63) is 63.2 Å². The maximum atomic E-state index is 11.9. The number of halogens is 1. The maximum absolute atomic E-state index is 11.9. The van der Waals surface area contributed by atoms with Crippen LogP contribution >= 0.6 is 11.6 Å². The van der Waals surface area contributed by atoms with E-state index >= 15 is 0 Å². The molecule has 0 aliphatic rings. The monoisotopic (exact) mass is 418 g/mol. The Morgan fingerprint density at radius 2 is 1.55 bits per heavy atom. The average molecular weight is 419 g/mol. The molecule has 6 heteroatoms. The quantitative estimate of drug-likeness (QED) is 0.641. The van der Waals surface area contributed by atoms with Crippen LogP contribution in [-0.2, 0) is 17.3 Å². The molecule has 0 amide bonds. The van der Waals surface area contributed by atoms with E-state index in [9.17, 15) is 19.8 Å². The fourth-order valence-electron chi connectivity index (χ4n) is 3.87. The Balaban J connectivity index is 2.63. The summed E-state index contributed by atoms with van der Waals surface area (Å²) in [5.41, 5.74) is 1.09. The lowest BCUT2D eigenvalue weighted by Gasteiger charge is -2.30. The number of carboxylic acids is 2. The molecule has 0 unspecified atom stereocenters. The molecule has 0 atom stereocenters. The van der Waals surface area contributed by atoms with Crippen molar-refractivity contribution in [3.8, 4) is 5.75 Å². The zero-order valence-corrected chi connectivity index (χ0v) is 18.3. The van der Waals surface area contributed by atoms with Crippen molar-refractivity contribution in [2.24, 2.45) is 0 Å². The van der Waals surface area contributed by atoms with Gasteiger partial charge in [0.1, 0.15) is 5.75 Å². The van der Waals surface area contributed by atoms with E-state index in [1.54, 1.807) is 30.3 Å². The molecule has 0 saturated carbocycles. The Bertz CT molecular complexity index is 954. The fourth-order valence-corrected chi connectivity index (χ4v) is 4.40. The lowest BCUT2D eigenvalue weighted by Crippen LogP contribution is -2.25. The number of aromatic carboxylic acids is 2. The predicted octanol–water partition coefficient (Wildman–Crippen LogP) is 5.56. The predicted molar refractivity (Wildman–Crippen MR) is 114 cm³/mol. The van der Waals surface area contributed by atoms with Crippen LogP contribution < -0.4 is 4.74 Å². The molecule has 2 rings (SSSR count). The van der Waals surface area contributed by atoms with Crippen molar-refractivity contribution in [1.29, 1.82) is 0 Å². The number of ether oxygens (including phenoxy) is 1. The van der Waals surface area contributed by atoms with Crippen LogP contribution in [0.5, 0.6) is 5.75 Å². The molecule has 0 spiro atoms. The largest absolute Gasteiger partial charge is 0.496 e. The zero-order chi connectivity index (χ0) is 22.1. The van der Waals surface area contributed by atoms with Crippen LogP contribution in [0.1, 0.15) is 72.0 Å². The molecule has 29 heavy (non-hydrogen) atoms. The van der Waals surface area contributed by atoms with Crippen LogP contribution in [0.25, 0.3) is 0 Å². The summed E-state index contributed by atoms with van der Waals surface area (Å²) in [6.07, 6.45) is 0.387. The molecule has 0 bridgehead atoms. The highest BCUT2D eigenvalue weighted by molar-refractivity contribution is 6.32. The van der Waals surface area contributed by atoms with Crippen molar-refractivity contribution < 1.29 is 24.5 Å². The minimum absolute atomic E-state index is 0.158. The van der Waals surface area contributed by atoms with Gasteiger partial charge in [0.2, 0.25) is 0 Å². The van der Waals surface area contributed by atoms with E-state index in [1.165, 1.54) is 7.11 Å². The molecule has 2 aromatic carbocycles. The van der Waals surface area contributed by atoms with Gasteiger partial charge in [0, 0.05) is 10.6 Å². The molecular weight excluding hydrogens is 392 g/mol. The zero-order valence-electron chi connectivity index (χ0n) is 17.6. The molecule has 0 saturated heterocycles. The number of methoxy groups -OCH3 is 1. The minimum atomic E-state index is -1.04. The number of hydrogen-bond acceptors (Lipinski definition) is 3. The summed E-state index contributed by atoms with van der Waals surface area (Å²) < 4.78 is 5.43. The number of carbonyl (C=O) groups is 2. The highest BCUT2D eigenvalue weighted by Gasteiger charge is 2.32. The third-order valence-corrected chi connectivity index (χ3v) is 5.23. The van der Waals surface area contributed by atoms with Crippen LogP contribution in [0.3, 0.4) is 0 Å². The first-order valence-corrected chi connectivity index (χ1v) is 9.64. The van der Waals surface area contributed by atoms with Gasteiger partial charge in [-0.3, -0.25) is 0 Å². The second kappa shape index (κ2) is 8.07. The maximum Gasteiger partial charge on any atom is 0.336 e. The van der Waals surface area contributed by atoms with E-state index < -0.39 is 22.8 Å². The van der Waals surface area contributed by atoms with E-state index in [0.29, 0.717) is 33.9 Å². The summed E-state index contributed by atoms with van der Waals surface area (Å²) in [7, 11) is 1.50. The molecule has 156 valence electrons. The normalized spacial score (nSPS) is 12.0. The smallest absolute Gasteiger partial charge is 0.336 e. The molecule has 0 radical (unpaired) electrons. The first-order valence-electron chi connectivity index (χ1n) is 9.26. The summed E-state index contributed by atoms with van der Waals surface area (Å²) in [4.78, 5) is 23.7. The van der Waals surface area contributed by atoms with Gasteiger partial charge >= 0.3 is 11.9 Å². The Labute approximate surface area is 176 Å². The lowest BCUT2D eigenvalue weighted by molar-refractivity contribution is 0.0683. The fraction of sp³-hybridized carbons (Fsp3) is 0.391. The van der Waals surface area contributed by atoms with Crippen molar-refractivity contribution in [2.75, 3.05) is 7.11 Å². The first-order chi connectivity index (χ1) is 13.3. The second-order valence-corrected chi connectivity index (χ2v) is 9.21. The summed E-state index contributed by atoms with van der Waals surface area (Å²) >= 11 is 6.50. The molecule has 0 heterocycles. The van der Waals surface area contributed by atoms with E-state index in [0.717, 1.165) is 0 Å². The lowest BCUT2D eigenvalue weighted by atomic mass is 9.75. The van der Waals surface area contributed by atoms with Gasteiger partial charge in [-0.2, -0.15) is 0 Å². The van der Waals surface area contributed by atoms with Gasteiger partial charge in [0.05, 0.1) is 18.2 Å². The minimum Gasteiger partial charge on any atom is -0.496 e. The molecule has 0 fully saturated rings. The molecule has 2 N–H and O–H groups in total. The van der Waals surface area contributed by atoms with Crippen molar-refractivity contribution in [2.45, 2.75) is 51.9 Å². The Hall–Kier alpha value is -2.53. The molecule has 5 nitrogen and oxygen atoms in total. The Morgan fingerprint density at radius 3 is 2.03 bits per heavy atom. The van der Waals surface area contributed by atoms with Crippen LogP contribution in [0.2, 0.25) is 5.02 Å². The second-order valence-electron chi connectivity index (χ2n) is 8.80. The molecule has 0 aliphatic carbocycles. The summed E-state index contributed by atoms with van der Waals surface area (Å²) in [6.45, 7) is 9.56. The van der Waals surface area contributed by atoms with Gasteiger partial charge in [0.15, 0.2) is 0 Å².